The third-order valence-electron chi connectivity index (χ3n) is 14.7. The van der Waals surface area contributed by atoms with Gasteiger partial charge in [0.25, 0.3) is 0 Å². The van der Waals surface area contributed by atoms with E-state index in [1.807, 2.05) is 36.5 Å². The minimum absolute atomic E-state index is 0.0999. The molecule has 0 N–H and O–H groups in total. The van der Waals surface area contributed by atoms with Gasteiger partial charge in [0, 0.05) is 0 Å². The zero-order chi connectivity index (χ0) is 47.1. The van der Waals surface area contributed by atoms with E-state index in [-0.39, 0.29) is 36.0 Å². The number of unbranched alkanes of at least 4 members (excludes halogenated alkanes) is 3. The summed E-state index contributed by atoms with van der Waals surface area (Å²) in [5.41, 5.74) is 2.94. The minimum atomic E-state index is -3.53. The Labute approximate surface area is 400 Å². The molecule has 5 aromatic rings. The van der Waals surface area contributed by atoms with E-state index in [9.17, 15) is 0 Å². The zero-order valence-corrected chi connectivity index (χ0v) is 43.7. The van der Waals surface area contributed by atoms with E-state index in [1.165, 1.54) is 0 Å². The van der Waals surface area contributed by atoms with Crippen molar-refractivity contribution in [3.8, 4) is 23.4 Å². The number of nitrogens with zero attached hydrogens (tertiary/aromatic N) is 7. The summed E-state index contributed by atoms with van der Waals surface area (Å²) in [6, 6.07) is 19.9. The number of anilines is 2. The Kier molecular flexibility index (Phi) is 16.0. The van der Waals surface area contributed by atoms with Crippen LogP contribution in [0.1, 0.15) is 115 Å². The van der Waals surface area contributed by atoms with Gasteiger partial charge < -0.3 is 9.47 Å². The van der Waals surface area contributed by atoms with Gasteiger partial charge in [0.2, 0.25) is 0 Å². The van der Waals surface area contributed by atoms with Gasteiger partial charge in [-0.1, -0.05) is 24.3 Å². The summed E-state index contributed by atoms with van der Waals surface area (Å²) < 4.78 is 61.4. The first-order chi connectivity index (χ1) is 32.5. The molecule has 360 valence electrons. The van der Waals surface area contributed by atoms with Crippen LogP contribution < -0.4 is 32.5 Å². The van der Waals surface area contributed by atoms with Crippen LogP contribution in [0.25, 0.3) is 10.9 Å². The van der Waals surface area contributed by atoms with Crippen LogP contribution in [0.15, 0.2) is 66.9 Å². The van der Waals surface area contributed by atoms with Gasteiger partial charge in [-0.25, -0.2) is 0 Å². The number of hydrogen-bond donors (Lipinski definition) is 0. The molecule has 2 fully saturated rings. The van der Waals surface area contributed by atoms with E-state index in [4.69, 9.17) is 38.9 Å². The summed E-state index contributed by atoms with van der Waals surface area (Å²) in [7, 11) is 3.35. The van der Waals surface area contributed by atoms with E-state index in [1.54, 1.807) is 14.2 Å². The van der Waals surface area contributed by atoms with E-state index >= 15 is 8.78 Å². The average Bonchev–Trinajstić information content (AvgIpc) is 3.84. The number of pyridine rings is 2. The molecule has 3 aliphatic rings. The fraction of sp³-hybridized carbons (Fsp3) is 0.547. The quantitative estimate of drug-likeness (QED) is 0.0620. The first-order valence-corrected chi connectivity index (χ1v) is 32.3. The van der Waals surface area contributed by atoms with E-state index in [0.29, 0.717) is 53.5 Å². The van der Waals surface area contributed by atoms with Crippen molar-refractivity contribution < 1.29 is 27.7 Å². The number of hydrogen-bond acceptors (Lipinski definition) is 11. The number of aromatic nitrogens is 4. The number of methoxy groups -OCH3 is 2. The Morgan fingerprint density at radius 2 is 1.51 bits per heavy atom. The van der Waals surface area contributed by atoms with Crippen LogP contribution in [0.2, 0.25) is 13.3 Å². The van der Waals surface area contributed by atoms with Gasteiger partial charge in [0.1, 0.15) is 11.5 Å². The maximum absolute atomic E-state index is 18.2. The van der Waals surface area contributed by atoms with Gasteiger partial charge in [-0.2, -0.15) is 0 Å². The number of benzene rings is 2. The normalized spacial score (nSPS) is 19.8. The molecule has 4 atom stereocenters. The van der Waals surface area contributed by atoms with Crippen LogP contribution >= 0.6 is 0 Å². The van der Waals surface area contributed by atoms with Crippen molar-refractivity contribution in [2.24, 2.45) is 0 Å². The van der Waals surface area contributed by atoms with Gasteiger partial charge in [-0.05, 0) is 24.3 Å². The summed E-state index contributed by atoms with van der Waals surface area (Å²) in [6.07, 6.45) is 9.48. The van der Waals surface area contributed by atoms with Gasteiger partial charge in [0.15, 0.2) is 0 Å². The van der Waals surface area contributed by atoms with E-state index < -0.39 is 30.1 Å². The zero-order valence-electron chi connectivity index (χ0n) is 40.8. The molecule has 0 bridgehead atoms. The van der Waals surface area contributed by atoms with Crippen molar-refractivity contribution in [2.45, 2.75) is 143 Å². The molecule has 0 amide bonds. The Bertz CT molecular complexity index is 2360. The van der Waals surface area contributed by atoms with Crippen LogP contribution in [0.4, 0.5) is 20.4 Å². The molecule has 0 unspecified atom stereocenters. The summed E-state index contributed by atoms with van der Waals surface area (Å²) in [6.45, 7) is 13.9. The molecule has 0 spiro atoms. The van der Waals surface area contributed by atoms with Gasteiger partial charge in [-0.15, -0.1) is 0 Å². The molecular formula is C53H71F2N7O4Sn. The number of fused-ring (bicyclic) bond motifs is 1. The second-order valence-corrected chi connectivity index (χ2v) is 32.2. The molecule has 0 saturated carbocycles. The number of rotatable bonds is 22. The average molecular weight is 1030 g/mol. The molecule has 8 rings (SSSR count). The molecule has 67 heavy (non-hydrogen) atoms. The fourth-order valence-electron chi connectivity index (χ4n) is 11.0. The summed E-state index contributed by atoms with van der Waals surface area (Å²) in [5, 5.41) is 0.468. The van der Waals surface area contributed by atoms with Crippen molar-refractivity contribution >= 4 is 44.6 Å². The molecule has 2 aromatic carbocycles. The predicted molar refractivity (Wildman–Crippen MR) is 266 cm³/mol. The third-order valence-corrected chi connectivity index (χ3v) is 29.7. The molecule has 11 nitrogen and oxygen atoms in total. The molecule has 14 heteroatoms. The van der Waals surface area contributed by atoms with Crippen LogP contribution in [-0.4, -0.2) is 101 Å². The number of halogens is 2. The summed E-state index contributed by atoms with van der Waals surface area (Å²) >= 11 is -3.53. The molecule has 3 aromatic heterocycles. The monoisotopic (exact) mass is 1030 g/mol. The van der Waals surface area contributed by atoms with E-state index in [2.05, 4.69) is 79.7 Å². The molecule has 0 aliphatic carbocycles. The van der Waals surface area contributed by atoms with Gasteiger partial charge in [-0.3, -0.25) is 0 Å². The van der Waals surface area contributed by atoms with E-state index in [0.717, 1.165) is 105 Å². The molecule has 6 heterocycles. The van der Waals surface area contributed by atoms with Crippen molar-refractivity contribution in [1.82, 2.24) is 24.8 Å². The molecule has 0 radical (unpaired) electrons. The Balaban J connectivity index is 1.27. The second-order valence-electron chi connectivity index (χ2n) is 19.3. The van der Waals surface area contributed by atoms with Crippen LogP contribution in [0.5, 0.6) is 23.4 Å². The topological polar surface area (TPSA) is 98.2 Å². The maximum atomic E-state index is 18.2. The van der Waals surface area contributed by atoms with Crippen LogP contribution in [-0.2, 0) is 13.1 Å². The third kappa shape index (κ3) is 10.4. The molecular weight excluding hydrogens is 955 g/mol. The predicted octanol–water partition coefficient (Wildman–Crippen LogP) is 11.1. The fourth-order valence-corrected chi connectivity index (χ4v) is 26.7. The molecule has 3 aliphatic heterocycles. The Morgan fingerprint density at radius 3 is 2.10 bits per heavy atom. The van der Waals surface area contributed by atoms with Crippen molar-refractivity contribution in [3.05, 3.63) is 89.4 Å². The van der Waals surface area contributed by atoms with Crippen LogP contribution in [0.3, 0.4) is 0 Å². The molecule has 2 saturated heterocycles. The van der Waals surface area contributed by atoms with Crippen molar-refractivity contribution in [3.63, 3.8) is 0 Å². The Hall–Kier alpha value is -4.50. The Morgan fingerprint density at radius 1 is 0.881 bits per heavy atom. The van der Waals surface area contributed by atoms with Gasteiger partial charge in [0.05, 0.1) is 14.2 Å². The first kappa shape index (κ1) is 48.9. The standard InChI is InChI=1S/C41H44F2N7O4.3C4H9.Sn/c1-26-24-53-39-35-36(34(43)20-45-39)46-40(54-25-41-16-6-18-49(41)23-30(42)19-41)47-38(35)50(26)27(2)33-7-5-17-44-37(33)48(21-28-8-12-31(51-3)13-9-28)22-29-10-14-32(52-4)15-11-29;3*1-3-4-2;/h5,7-15,17,26-27,30H,6,16,18-19,21-25H2,1-4H3;3*1,3-4H2,2H3;/t26-,27+,30+,41-;;;;/m0..../s1. The summed E-state index contributed by atoms with van der Waals surface area (Å²) in [4.78, 5) is 27.4. The van der Waals surface area contributed by atoms with Crippen LogP contribution in [0, 0.1) is 5.82 Å². The number of alkyl halides is 1. The van der Waals surface area contributed by atoms with Crippen molar-refractivity contribution in [1.29, 1.82) is 0 Å². The number of ether oxygens (including phenoxy) is 4. The summed E-state index contributed by atoms with van der Waals surface area (Å²) in [5.74, 6) is 2.98. The first-order valence-electron chi connectivity index (χ1n) is 24.9. The second kappa shape index (κ2) is 21.8. The SMILES string of the molecule is CCC[CH2][Sn]([CH2]CCC)([CH2]CCC)[c]1nc2c3c(nc(OC[C@@]45CCCN4C[C@H](F)C5)nc3c1F)N([C@H](C)c1cccnc1N(Cc1ccc(OC)cc1)Cc1ccc(OC)cc1)[C@@H](C)CO2. The van der Waals surface area contributed by atoms with Gasteiger partial charge >= 0.3 is 319 Å². The van der Waals surface area contributed by atoms with Crippen molar-refractivity contribution in [2.75, 3.05) is 50.3 Å².